The van der Waals surface area contributed by atoms with Crippen molar-refractivity contribution >= 4 is 21.6 Å². The van der Waals surface area contributed by atoms with Gasteiger partial charge in [-0.3, -0.25) is 4.79 Å². The predicted molar refractivity (Wildman–Crippen MR) is 102 cm³/mol. The van der Waals surface area contributed by atoms with Crippen LogP contribution in [0.15, 0.2) is 29.2 Å². The fourth-order valence-corrected chi connectivity index (χ4v) is 5.46. The molecule has 7 heteroatoms. The number of rotatable bonds is 5. The van der Waals surface area contributed by atoms with Gasteiger partial charge in [-0.1, -0.05) is 6.92 Å². The zero-order chi connectivity index (χ0) is 18.7. The Morgan fingerprint density at radius 1 is 1.19 bits per heavy atom. The minimum Gasteiger partial charge on any atom is -0.325 e. The largest absolute Gasteiger partial charge is 0.325 e. The topological polar surface area (TPSA) is 70.9 Å². The van der Waals surface area contributed by atoms with E-state index in [-0.39, 0.29) is 11.9 Å². The molecule has 3 atom stereocenters. The number of nitrogens with zero attached hydrogens (tertiary/aromatic N) is 1. The molecule has 1 aromatic rings. The molecule has 144 valence electrons. The molecule has 0 radical (unpaired) electrons. The average molecular weight is 381 g/mol. The molecular formula is C19H30N3O3S+. The third kappa shape index (κ3) is 4.27. The number of benzene rings is 1. The molecule has 2 N–H and O–H groups in total. The van der Waals surface area contributed by atoms with Gasteiger partial charge in [-0.05, 0) is 56.9 Å². The first-order chi connectivity index (χ1) is 12.4. The number of carbonyl (C=O) groups is 1. The van der Waals surface area contributed by atoms with Crippen molar-refractivity contribution in [3.05, 3.63) is 24.3 Å². The van der Waals surface area contributed by atoms with E-state index < -0.39 is 10.0 Å². The molecule has 0 spiro atoms. The normalized spacial score (nSPS) is 25.8. The summed E-state index contributed by atoms with van der Waals surface area (Å²) in [7, 11) is -3.41. The van der Waals surface area contributed by atoms with Crippen LogP contribution in [0.25, 0.3) is 0 Å². The molecule has 2 saturated heterocycles. The second kappa shape index (κ2) is 8.06. The third-order valence-electron chi connectivity index (χ3n) is 5.64. The van der Waals surface area contributed by atoms with Gasteiger partial charge in [0.2, 0.25) is 10.0 Å². The Bertz CT molecular complexity index is 727. The summed E-state index contributed by atoms with van der Waals surface area (Å²) in [6.07, 6.45) is 4.24. The van der Waals surface area contributed by atoms with Crippen molar-refractivity contribution in [1.82, 2.24) is 4.31 Å². The SMILES string of the molecule is C[C@@H]1CCC[NH+]([C@@H](C)C(=O)Nc2ccc(S(=O)(=O)N3CCCC3)cc2)C1. The summed E-state index contributed by atoms with van der Waals surface area (Å²) in [5, 5.41) is 2.93. The van der Waals surface area contributed by atoms with E-state index in [9.17, 15) is 13.2 Å². The fraction of sp³-hybridized carbons (Fsp3) is 0.632. The van der Waals surface area contributed by atoms with Crippen LogP contribution in [0.2, 0.25) is 0 Å². The number of anilines is 1. The Hall–Kier alpha value is -1.44. The van der Waals surface area contributed by atoms with Crippen LogP contribution >= 0.6 is 0 Å². The monoisotopic (exact) mass is 380 g/mol. The van der Waals surface area contributed by atoms with E-state index in [2.05, 4.69) is 12.2 Å². The van der Waals surface area contributed by atoms with Crippen LogP contribution in [0.1, 0.15) is 39.5 Å². The number of nitrogens with one attached hydrogen (secondary N) is 2. The molecule has 2 fully saturated rings. The zero-order valence-corrected chi connectivity index (χ0v) is 16.5. The predicted octanol–water partition coefficient (Wildman–Crippen LogP) is 1.11. The standard InChI is InChI=1S/C19H29N3O3S/c1-15-6-5-11-21(14-15)16(2)19(23)20-17-7-9-18(10-8-17)26(24,25)22-12-3-4-13-22/h7-10,15-16H,3-6,11-14H2,1-2H3,(H,20,23)/p+1/t15-,16+/m1/s1. The molecule has 6 nitrogen and oxygen atoms in total. The maximum Gasteiger partial charge on any atom is 0.282 e. The van der Waals surface area contributed by atoms with Crippen molar-refractivity contribution in [2.75, 3.05) is 31.5 Å². The van der Waals surface area contributed by atoms with Gasteiger partial charge in [-0.25, -0.2) is 8.42 Å². The Balaban J connectivity index is 1.62. The fourth-order valence-electron chi connectivity index (χ4n) is 3.95. The van der Waals surface area contributed by atoms with E-state index in [1.807, 2.05) is 6.92 Å². The molecule has 3 rings (SSSR count). The third-order valence-corrected chi connectivity index (χ3v) is 7.55. The van der Waals surface area contributed by atoms with Crippen molar-refractivity contribution in [2.45, 2.75) is 50.5 Å². The molecule has 0 aliphatic carbocycles. The number of hydrogen-bond acceptors (Lipinski definition) is 3. The molecule has 2 aliphatic heterocycles. The highest BCUT2D eigenvalue weighted by Gasteiger charge is 2.30. The molecule has 0 aromatic heterocycles. The van der Waals surface area contributed by atoms with E-state index in [1.165, 1.54) is 15.6 Å². The highest BCUT2D eigenvalue weighted by atomic mass is 32.2. The Morgan fingerprint density at radius 3 is 2.46 bits per heavy atom. The van der Waals surface area contributed by atoms with Crippen molar-refractivity contribution in [3.63, 3.8) is 0 Å². The van der Waals surface area contributed by atoms with Gasteiger partial charge in [0, 0.05) is 24.7 Å². The number of sulfonamides is 1. The number of quaternary nitrogens is 1. The number of amides is 1. The summed E-state index contributed by atoms with van der Waals surface area (Å²) >= 11 is 0. The van der Waals surface area contributed by atoms with Gasteiger partial charge in [0.05, 0.1) is 18.0 Å². The summed E-state index contributed by atoms with van der Waals surface area (Å²) in [6.45, 7) is 7.45. The summed E-state index contributed by atoms with van der Waals surface area (Å²) in [5.41, 5.74) is 0.645. The molecule has 1 unspecified atom stereocenters. The van der Waals surface area contributed by atoms with E-state index in [1.54, 1.807) is 24.3 Å². The molecule has 1 aromatic carbocycles. The summed E-state index contributed by atoms with van der Waals surface area (Å²) in [5.74, 6) is 0.647. The lowest BCUT2D eigenvalue weighted by molar-refractivity contribution is -0.922. The first kappa shape index (κ1) is 19.3. The van der Waals surface area contributed by atoms with Crippen LogP contribution in [-0.4, -0.2) is 50.9 Å². The quantitative estimate of drug-likeness (QED) is 0.804. The minimum atomic E-state index is -3.41. The summed E-state index contributed by atoms with van der Waals surface area (Å²) < 4.78 is 26.6. The minimum absolute atomic E-state index is 0.00995. The van der Waals surface area contributed by atoms with Crippen molar-refractivity contribution in [2.24, 2.45) is 5.92 Å². The van der Waals surface area contributed by atoms with Gasteiger partial charge in [-0.2, -0.15) is 4.31 Å². The maximum absolute atomic E-state index is 12.6. The van der Waals surface area contributed by atoms with Gasteiger partial charge in [0.1, 0.15) is 0 Å². The van der Waals surface area contributed by atoms with Gasteiger partial charge < -0.3 is 10.2 Å². The van der Waals surface area contributed by atoms with Crippen LogP contribution in [0.3, 0.4) is 0 Å². The lowest BCUT2D eigenvalue weighted by Crippen LogP contribution is -3.17. The molecule has 0 saturated carbocycles. The first-order valence-corrected chi connectivity index (χ1v) is 11.1. The molecular weight excluding hydrogens is 350 g/mol. The number of hydrogen-bond donors (Lipinski definition) is 2. The van der Waals surface area contributed by atoms with E-state index in [0.717, 1.165) is 32.4 Å². The Morgan fingerprint density at radius 2 is 1.85 bits per heavy atom. The zero-order valence-electron chi connectivity index (χ0n) is 15.7. The number of likely N-dealkylation sites (tertiary alicyclic amines) is 1. The van der Waals surface area contributed by atoms with Crippen LogP contribution in [0.5, 0.6) is 0 Å². The molecule has 2 heterocycles. The second-order valence-corrected chi connectivity index (χ2v) is 9.64. The van der Waals surface area contributed by atoms with Crippen molar-refractivity contribution in [3.8, 4) is 0 Å². The van der Waals surface area contributed by atoms with E-state index in [4.69, 9.17) is 0 Å². The summed E-state index contributed by atoms with van der Waals surface area (Å²) in [4.78, 5) is 14.2. The van der Waals surface area contributed by atoms with Gasteiger partial charge in [-0.15, -0.1) is 0 Å². The van der Waals surface area contributed by atoms with Crippen LogP contribution in [0.4, 0.5) is 5.69 Å². The molecule has 26 heavy (non-hydrogen) atoms. The van der Waals surface area contributed by atoms with E-state index in [0.29, 0.717) is 29.6 Å². The summed E-state index contributed by atoms with van der Waals surface area (Å²) in [6, 6.07) is 6.43. The van der Waals surface area contributed by atoms with Crippen LogP contribution in [0, 0.1) is 5.92 Å². The van der Waals surface area contributed by atoms with Gasteiger partial charge >= 0.3 is 0 Å². The van der Waals surface area contributed by atoms with E-state index >= 15 is 0 Å². The smallest absolute Gasteiger partial charge is 0.282 e. The van der Waals surface area contributed by atoms with Crippen LogP contribution in [-0.2, 0) is 14.8 Å². The average Bonchev–Trinajstić information content (AvgIpc) is 3.17. The van der Waals surface area contributed by atoms with Gasteiger partial charge in [0.25, 0.3) is 5.91 Å². The highest BCUT2D eigenvalue weighted by Crippen LogP contribution is 2.22. The van der Waals surface area contributed by atoms with Crippen LogP contribution < -0.4 is 10.2 Å². The van der Waals surface area contributed by atoms with Crippen molar-refractivity contribution in [1.29, 1.82) is 0 Å². The maximum atomic E-state index is 12.6. The highest BCUT2D eigenvalue weighted by molar-refractivity contribution is 7.89. The molecule has 2 aliphatic rings. The van der Waals surface area contributed by atoms with Gasteiger partial charge in [0.15, 0.2) is 6.04 Å². The number of carbonyl (C=O) groups excluding carboxylic acids is 1. The Labute approximate surface area is 156 Å². The lowest BCUT2D eigenvalue weighted by Gasteiger charge is -2.31. The first-order valence-electron chi connectivity index (χ1n) is 9.63. The van der Waals surface area contributed by atoms with Crippen molar-refractivity contribution < 1.29 is 18.1 Å². The second-order valence-electron chi connectivity index (χ2n) is 7.71. The lowest BCUT2D eigenvalue weighted by atomic mass is 9.99. The molecule has 1 amide bonds. The molecule has 0 bridgehead atoms. The number of piperidine rings is 1. The Kier molecular flexibility index (Phi) is 5.99.